The monoisotopic (exact) mass is 603 g/mol. The summed E-state index contributed by atoms with van der Waals surface area (Å²) < 4.78 is 40.4. The molecule has 0 spiro atoms. The number of amides is 1. The molecule has 3 aliphatic rings. The Kier molecular flexibility index (Phi) is 8.64. The van der Waals surface area contributed by atoms with Gasteiger partial charge in [-0.3, -0.25) is 4.79 Å². The molecule has 0 bridgehead atoms. The summed E-state index contributed by atoms with van der Waals surface area (Å²) in [6.07, 6.45) is 1.81. The average molecular weight is 604 g/mol. The third-order valence-corrected chi connectivity index (χ3v) is 10.3. The molecule has 1 heterocycles. The van der Waals surface area contributed by atoms with Crippen LogP contribution in [0.2, 0.25) is 0 Å². The van der Waals surface area contributed by atoms with E-state index in [1.165, 1.54) is 16.7 Å². The summed E-state index contributed by atoms with van der Waals surface area (Å²) in [6.45, 7) is 6.16. The number of carbonyl (C=O) groups is 1. The summed E-state index contributed by atoms with van der Waals surface area (Å²) in [5, 5.41) is 6.26. The highest BCUT2D eigenvalue weighted by molar-refractivity contribution is 5.94. The number of likely N-dealkylation sites (tertiary alicyclic amines) is 1. The first-order valence-corrected chi connectivity index (χ1v) is 16.3. The number of nitrogens with one attached hydrogen (secondary N) is 2. The molecule has 44 heavy (non-hydrogen) atoms. The first kappa shape index (κ1) is 30.8. The lowest BCUT2D eigenvalue weighted by Crippen LogP contribution is -2.53. The van der Waals surface area contributed by atoms with Gasteiger partial charge < -0.3 is 15.5 Å². The summed E-state index contributed by atoms with van der Waals surface area (Å²) in [5.41, 5.74) is 5.53. The minimum absolute atomic E-state index is 0.00526. The molecule has 234 valence electrons. The lowest BCUT2D eigenvalue weighted by Gasteiger charge is -2.42. The zero-order valence-corrected chi connectivity index (χ0v) is 25.9. The van der Waals surface area contributed by atoms with Crippen molar-refractivity contribution in [3.8, 4) is 11.1 Å². The summed E-state index contributed by atoms with van der Waals surface area (Å²) in [4.78, 5) is 15.3. The van der Waals surface area contributed by atoms with E-state index in [4.69, 9.17) is 0 Å². The third kappa shape index (κ3) is 6.05. The van der Waals surface area contributed by atoms with Gasteiger partial charge in [-0.15, -0.1) is 0 Å². The zero-order valence-electron chi connectivity index (χ0n) is 25.9. The van der Waals surface area contributed by atoms with Gasteiger partial charge >= 0.3 is 6.18 Å². The highest BCUT2D eigenvalue weighted by Gasteiger charge is 2.63. The van der Waals surface area contributed by atoms with Gasteiger partial charge in [-0.25, -0.2) is 0 Å². The smallest absolute Gasteiger partial charge is 0.349 e. The number of rotatable bonds is 11. The Morgan fingerprint density at radius 1 is 0.886 bits per heavy atom. The molecule has 6 rings (SSSR count). The van der Waals surface area contributed by atoms with Crippen LogP contribution in [0.3, 0.4) is 0 Å². The lowest BCUT2D eigenvalue weighted by molar-refractivity contribution is -0.127. The van der Waals surface area contributed by atoms with Gasteiger partial charge in [0.05, 0.1) is 6.54 Å². The van der Waals surface area contributed by atoms with Gasteiger partial charge in [0.15, 0.2) is 0 Å². The second kappa shape index (κ2) is 12.3. The molecule has 0 aromatic heterocycles. The minimum Gasteiger partial charge on any atom is -0.349 e. The Labute approximate surface area is 259 Å². The first-order chi connectivity index (χ1) is 21.1. The van der Waals surface area contributed by atoms with Crippen LogP contribution in [-0.4, -0.2) is 54.7 Å². The van der Waals surface area contributed by atoms with Crippen LogP contribution >= 0.6 is 0 Å². The largest absolute Gasteiger partial charge is 0.401 e. The highest BCUT2D eigenvalue weighted by atomic mass is 19.4. The Hall–Kier alpha value is -3.16. The summed E-state index contributed by atoms with van der Waals surface area (Å²) in [5.74, 6) is 0.432. The molecule has 0 atom stereocenters. The van der Waals surface area contributed by atoms with E-state index in [-0.39, 0.29) is 11.9 Å². The number of carbonyl (C=O) groups excluding carboxylic acids is 1. The number of nitrogens with zero attached hydrogens (tertiary/aromatic N) is 1. The van der Waals surface area contributed by atoms with Crippen LogP contribution in [0.5, 0.6) is 0 Å². The van der Waals surface area contributed by atoms with Crippen LogP contribution in [0, 0.1) is 0 Å². The fourth-order valence-electron chi connectivity index (χ4n) is 7.81. The summed E-state index contributed by atoms with van der Waals surface area (Å²) in [7, 11) is 0. The molecule has 4 nitrogen and oxygen atoms in total. The number of piperidine rings is 1. The second-order valence-electron chi connectivity index (χ2n) is 13.4. The molecule has 3 aromatic carbocycles. The van der Waals surface area contributed by atoms with Crippen LogP contribution < -0.4 is 10.6 Å². The van der Waals surface area contributed by atoms with Gasteiger partial charge in [0.2, 0.25) is 0 Å². The van der Waals surface area contributed by atoms with E-state index in [0.29, 0.717) is 11.5 Å². The molecule has 1 saturated heterocycles. The number of hydrogen-bond donors (Lipinski definition) is 2. The van der Waals surface area contributed by atoms with Crippen molar-refractivity contribution in [2.24, 2.45) is 0 Å². The van der Waals surface area contributed by atoms with Crippen molar-refractivity contribution in [3.05, 3.63) is 95.1 Å². The van der Waals surface area contributed by atoms with Crippen molar-refractivity contribution in [2.75, 3.05) is 26.2 Å². The molecule has 0 unspecified atom stereocenters. The zero-order chi connectivity index (χ0) is 31.0. The maximum Gasteiger partial charge on any atom is 0.401 e. The topological polar surface area (TPSA) is 44.4 Å². The van der Waals surface area contributed by atoms with Gasteiger partial charge in [-0.2, -0.15) is 13.2 Å². The van der Waals surface area contributed by atoms with Crippen LogP contribution in [0.1, 0.15) is 91.8 Å². The van der Waals surface area contributed by atoms with Crippen LogP contribution in [0.4, 0.5) is 13.2 Å². The van der Waals surface area contributed by atoms with E-state index >= 15 is 0 Å². The normalized spacial score (nSPS) is 19.0. The van der Waals surface area contributed by atoms with E-state index in [1.807, 2.05) is 48.5 Å². The minimum atomic E-state index is -4.25. The van der Waals surface area contributed by atoms with Crippen molar-refractivity contribution in [2.45, 2.75) is 87.9 Å². The first-order valence-electron chi connectivity index (χ1n) is 16.3. The fraction of sp³-hybridized carbons (Fsp3) is 0.486. The number of hydrogen-bond acceptors (Lipinski definition) is 3. The van der Waals surface area contributed by atoms with Crippen molar-refractivity contribution < 1.29 is 18.0 Å². The van der Waals surface area contributed by atoms with Crippen LogP contribution in [0.25, 0.3) is 11.1 Å². The van der Waals surface area contributed by atoms with Gasteiger partial charge in [0.1, 0.15) is 0 Å². The Morgan fingerprint density at radius 3 is 2.02 bits per heavy atom. The molecule has 1 saturated carbocycles. The quantitative estimate of drug-likeness (QED) is 0.220. The highest BCUT2D eigenvalue weighted by Crippen LogP contribution is 2.63. The number of benzene rings is 3. The predicted molar refractivity (Wildman–Crippen MR) is 170 cm³/mol. The van der Waals surface area contributed by atoms with Crippen molar-refractivity contribution >= 4 is 5.91 Å². The average Bonchev–Trinajstić information content (AvgIpc) is 3.77. The van der Waals surface area contributed by atoms with Gasteiger partial charge in [0, 0.05) is 35.6 Å². The van der Waals surface area contributed by atoms with Crippen molar-refractivity contribution in [3.63, 3.8) is 0 Å². The summed E-state index contributed by atoms with van der Waals surface area (Å²) in [6, 6.07) is 24.7. The molecule has 2 aliphatic carbocycles. The van der Waals surface area contributed by atoms with Crippen molar-refractivity contribution in [1.82, 2.24) is 15.5 Å². The Bertz CT molecular complexity index is 1410. The molecule has 2 fully saturated rings. The molecule has 1 aliphatic heterocycles. The maximum absolute atomic E-state index is 13.5. The van der Waals surface area contributed by atoms with Crippen molar-refractivity contribution in [1.29, 1.82) is 0 Å². The van der Waals surface area contributed by atoms with E-state index < -0.39 is 23.7 Å². The maximum atomic E-state index is 13.5. The van der Waals surface area contributed by atoms with E-state index in [1.54, 1.807) is 0 Å². The molecule has 2 N–H and O–H groups in total. The number of fused-ring (bicyclic) bond motifs is 3. The number of unbranched alkanes of at least 4 members (excludes halogenated alkanes) is 1. The predicted octanol–water partition coefficient (Wildman–Crippen LogP) is 7.83. The van der Waals surface area contributed by atoms with Gasteiger partial charge in [-0.05, 0) is 90.9 Å². The Morgan fingerprint density at radius 2 is 1.48 bits per heavy atom. The van der Waals surface area contributed by atoms with Crippen LogP contribution in [0.15, 0.2) is 72.8 Å². The molecule has 0 radical (unpaired) electrons. The molecule has 3 aromatic rings. The molecular formula is C37H44F3N3O. The third-order valence-electron chi connectivity index (χ3n) is 10.3. The SMILES string of the molecule is CC(C)c1ccc(C(=O)NC2CCN(CCCCC3(C4(NCC(F)(F)F)CC4)c4ccccc4-c4ccccc43)CC2)cc1. The number of halogens is 3. The lowest BCUT2D eigenvalue weighted by atomic mass is 9.66. The number of alkyl halides is 3. The molecule has 7 heteroatoms. The standard InChI is InChI=1S/C37H44F3N3O/c1-26(2)27-13-15-28(16-14-27)34(44)42-29-17-23-43(24-18-29)22-8-7-19-36(35(20-21-35)41-25-37(38,39)40)32-11-5-3-9-30(32)31-10-4-6-12-33(31)36/h3-6,9-16,26,29,41H,7-8,17-25H2,1-2H3,(H,42,44). The van der Waals surface area contributed by atoms with Gasteiger partial charge in [-0.1, -0.05) is 80.9 Å². The summed E-state index contributed by atoms with van der Waals surface area (Å²) >= 11 is 0. The second-order valence-corrected chi connectivity index (χ2v) is 13.4. The van der Waals surface area contributed by atoms with E-state index in [0.717, 1.165) is 75.7 Å². The van der Waals surface area contributed by atoms with Gasteiger partial charge in [0.25, 0.3) is 5.91 Å². The fourth-order valence-corrected chi connectivity index (χ4v) is 7.81. The molecular weight excluding hydrogens is 559 g/mol. The van der Waals surface area contributed by atoms with Crippen LogP contribution in [-0.2, 0) is 5.41 Å². The van der Waals surface area contributed by atoms with E-state index in [9.17, 15) is 18.0 Å². The Balaban J connectivity index is 1.08. The van der Waals surface area contributed by atoms with E-state index in [2.05, 4.69) is 53.6 Å². The molecule has 1 amide bonds.